The van der Waals surface area contributed by atoms with Gasteiger partial charge in [-0.25, -0.2) is 0 Å². The minimum absolute atomic E-state index is 0. The summed E-state index contributed by atoms with van der Waals surface area (Å²) in [4.78, 5) is 0. The Morgan fingerprint density at radius 1 is 1.17 bits per heavy atom. The van der Waals surface area contributed by atoms with Crippen LogP contribution in [0.4, 0.5) is 0 Å². The molecule has 2 aromatic carbocycles. The monoisotopic (exact) mass is 283 g/mol. The van der Waals surface area contributed by atoms with Gasteiger partial charge >= 0.3 is 0 Å². The zero-order valence-electron chi connectivity index (χ0n) is 10.3. The van der Waals surface area contributed by atoms with E-state index in [-0.39, 0.29) is 17.7 Å². The number of rotatable bonds is 5. The average molecular weight is 284 g/mol. The number of hydrogen-bond acceptors (Lipinski definition) is 3. The van der Waals surface area contributed by atoms with Gasteiger partial charge < -0.3 is 10.1 Å². The summed E-state index contributed by atoms with van der Waals surface area (Å²) < 4.78 is 5.82. The van der Waals surface area contributed by atoms with Gasteiger partial charge in [-0.1, -0.05) is 36.4 Å². The van der Waals surface area contributed by atoms with E-state index in [1.807, 2.05) is 31.3 Å². The second kappa shape index (κ2) is 7.52. The molecule has 0 heterocycles. The van der Waals surface area contributed by atoms with Crippen molar-refractivity contribution < 1.29 is 4.74 Å². The second-order valence-electron chi connectivity index (χ2n) is 4.00. The van der Waals surface area contributed by atoms with Crippen LogP contribution in [-0.2, 0) is 0 Å². The lowest BCUT2D eigenvalue weighted by atomic mass is 10.1. The minimum atomic E-state index is 0. The largest absolute Gasteiger partial charge is 0.492 e. The molecule has 1 N–H and O–H groups in total. The van der Waals surface area contributed by atoms with Crippen LogP contribution in [0.5, 0.6) is 5.75 Å². The van der Waals surface area contributed by atoms with Crippen LogP contribution in [0.25, 0.3) is 10.8 Å². The molecule has 18 heavy (non-hydrogen) atoms. The van der Waals surface area contributed by atoms with E-state index in [0.717, 1.165) is 17.7 Å². The molecule has 0 aromatic heterocycles. The molecule has 0 saturated heterocycles. The van der Waals surface area contributed by atoms with E-state index >= 15 is 0 Å². The number of fused-ring (bicyclic) bond motifs is 1. The van der Waals surface area contributed by atoms with Gasteiger partial charge in [0.1, 0.15) is 12.4 Å². The van der Waals surface area contributed by atoms with Gasteiger partial charge in [0.2, 0.25) is 0 Å². The first-order chi connectivity index (χ1) is 8.31. The van der Waals surface area contributed by atoms with Crippen LogP contribution >= 0.6 is 25.0 Å². The first kappa shape index (κ1) is 15.2. The van der Waals surface area contributed by atoms with Crippen molar-refractivity contribution in [3.63, 3.8) is 0 Å². The van der Waals surface area contributed by atoms with E-state index in [0.29, 0.717) is 6.61 Å². The molecule has 2 rings (SSSR count). The predicted molar refractivity (Wildman–Crippen MR) is 83.4 cm³/mol. The maximum Gasteiger partial charge on any atom is 0.127 e. The maximum absolute atomic E-state index is 5.82. The van der Waals surface area contributed by atoms with Gasteiger partial charge in [-0.2, -0.15) is 12.6 Å². The Bertz CT molecular complexity index is 487. The minimum Gasteiger partial charge on any atom is -0.492 e. The van der Waals surface area contributed by atoms with E-state index in [9.17, 15) is 0 Å². The fourth-order valence-corrected chi connectivity index (χ4v) is 2.06. The zero-order valence-corrected chi connectivity index (χ0v) is 12.0. The van der Waals surface area contributed by atoms with E-state index < -0.39 is 0 Å². The summed E-state index contributed by atoms with van der Waals surface area (Å²) in [5, 5.41) is 5.65. The number of ether oxygens (including phenoxy) is 1. The van der Waals surface area contributed by atoms with E-state index in [1.54, 1.807) is 0 Å². The number of benzene rings is 2. The Kier molecular flexibility index (Phi) is 6.33. The summed E-state index contributed by atoms with van der Waals surface area (Å²) in [6.07, 6.45) is 0. The molecule has 0 saturated carbocycles. The smallest absolute Gasteiger partial charge is 0.127 e. The van der Waals surface area contributed by atoms with Crippen LogP contribution < -0.4 is 10.1 Å². The van der Waals surface area contributed by atoms with Crippen LogP contribution in [0, 0.1) is 0 Å². The lowest BCUT2D eigenvalue weighted by molar-refractivity contribution is 0.319. The first-order valence-corrected chi connectivity index (χ1v) is 6.26. The number of thiol groups is 1. The van der Waals surface area contributed by atoms with Crippen molar-refractivity contribution >= 4 is 35.8 Å². The summed E-state index contributed by atoms with van der Waals surface area (Å²) in [6, 6.07) is 14.3. The highest BCUT2D eigenvalue weighted by Crippen LogP contribution is 2.25. The van der Waals surface area contributed by atoms with Crippen molar-refractivity contribution in [2.45, 2.75) is 5.25 Å². The van der Waals surface area contributed by atoms with E-state index in [2.05, 4.69) is 36.1 Å². The molecule has 0 radical (unpaired) electrons. The number of nitrogens with one attached hydrogen (secondary N) is 1. The Labute approximate surface area is 120 Å². The van der Waals surface area contributed by atoms with Gasteiger partial charge in [0.25, 0.3) is 0 Å². The lowest BCUT2D eigenvalue weighted by Gasteiger charge is -2.13. The van der Waals surface area contributed by atoms with Crippen LogP contribution in [0.3, 0.4) is 0 Å². The van der Waals surface area contributed by atoms with Gasteiger partial charge in [0.05, 0.1) is 0 Å². The Balaban J connectivity index is 0.00000162. The molecule has 0 aliphatic rings. The standard InChI is InChI=1S/C14H17NOS.ClH/c1-15-9-12(17)10-16-14-8-4-6-11-5-2-3-7-13(11)14;/h2-8,12,15,17H,9-10H2,1H3;1H. The van der Waals surface area contributed by atoms with Gasteiger partial charge in [-0.15, -0.1) is 12.4 Å². The van der Waals surface area contributed by atoms with Crippen LogP contribution in [0.1, 0.15) is 0 Å². The normalized spacial score (nSPS) is 11.9. The third kappa shape index (κ3) is 3.80. The molecule has 0 fully saturated rings. The van der Waals surface area contributed by atoms with E-state index in [4.69, 9.17) is 4.74 Å². The average Bonchev–Trinajstić information content (AvgIpc) is 2.36. The molecule has 4 heteroatoms. The SMILES string of the molecule is CNCC(S)COc1cccc2ccccc12.Cl. The predicted octanol–water partition coefficient (Wildman–Crippen LogP) is 3.16. The van der Waals surface area contributed by atoms with Crippen molar-refractivity contribution in [2.24, 2.45) is 0 Å². The number of hydrogen-bond donors (Lipinski definition) is 2. The van der Waals surface area contributed by atoms with Gasteiger partial charge in [0.15, 0.2) is 0 Å². The molecule has 98 valence electrons. The first-order valence-electron chi connectivity index (χ1n) is 5.74. The molecule has 1 unspecified atom stereocenters. The van der Waals surface area contributed by atoms with Crippen molar-refractivity contribution in [1.82, 2.24) is 5.32 Å². The molecular formula is C14H18ClNOS. The van der Waals surface area contributed by atoms with E-state index in [1.165, 1.54) is 5.39 Å². The molecule has 0 aliphatic carbocycles. The van der Waals surface area contributed by atoms with Crippen molar-refractivity contribution in [1.29, 1.82) is 0 Å². The molecule has 1 atom stereocenters. The maximum atomic E-state index is 5.82. The highest BCUT2D eigenvalue weighted by atomic mass is 35.5. The second-order valence-corrected chi connectivity index (χ2v) is 4.73. The fourth-order valence-electron chi connectivity index (χ4n) is 1.80. The molecule has 0 aliphatic heterocycles. The van der Waals surface area contributed by atoms with Gasteiger partial charge in [-0.05, 0) is 18.5 Å². The third-order valence-corrected chi connectivity index (χ3v) is 2.95. The summed E-state index contributed by atoms with van der Waals surface area (Å²) in [6.45, 7) is 1.45. The summed E-state index contributed by atoms with van der Waals surface area (Å²) in [5.74, 6) is 0.929. The third-order valence-electron chi connectivity index (χ3n) is 2.62. The van der Waals surface area contributed by atoms with Crippen molar-refractivity contribution in [3.05, 3.63) is 42.5 Å². The molecule has 2 nitrogen and oxygen atoms in total. The summed E-state index contributed by atoms with van der Waals surface area (Å²) >= 11 is 4.45. The van der Waals surface area contributed by atoms with Gasteiger partial charge in [-0.3, -0.25) is 0 Å². The highest BCUT2D eigenvalue weighted by molar-refractivity contribution is 7.81. The Hall–Kier alpha value is -0.900. The van der Waals surface area contributed by atoms with Crippen LogP contribution in [0.15, 0.2) is 42.5 Å². The topological polar surface area (TPSA) is 21.3 Å². The molecule has 0 bridgehead atoms. The van der Waals surface area contributed by atoms with Crippen molar-refractivity contribution in [2.75, 3.05) is 20.2 Å². The quantitative estimate of drug-likeness (QED) is 0.823. The van der Waals surface area contributed by atoms with Crippen LogP contribution in [0.2, 0.25) is 0 Å². The number of halogens is 1. The van der Waals surface area contributed by atoms with Crippen LogP contribution in [-0.4, -0.2) is 25.4 Å². The molecular weight excluding hydrogens is 266 g/mol. The Morgan fingerprint density at radius 3 is 2.67 bits per heavy atom. The molecule has 2 aromatic rings. The Morgan fingerprint density at radius 2 is 1.89 bits per heavy atom. The highest BCUT2D eigenvalue weighted by Gasteiger charge is 2.05. The fraction of sp³-hybridized carbons (Fsp3) is 0.286. The van der Waals surface area contributed by atoms with Crippen molar-refractivity contribution in [3.8, 4) is 5.75 Å². The summed E-state index contributed by atoms with van der Waals surface area (Å²) in [5.41, 5.74) is 0. The zero-order chi connectivity index (χ0) is 12.1. The molecule has 0 spiro atoms. The molecule has 0 amide bonds. The summed E-state index contributed by atoms with van der Waals surface area (Å²) in [7, 11) is 1.92. The lowest BCUT2D eigenvalue weighted by Crippen LogP contribution is -2.24. The van der Waals surface area contributed by atoms with Gasteiger partial charge in [0, 0.05) is 17.2 Å².